The SMILES string of the molecule is CCCCCCCCn1cc(C2=C([O-])C(=C3C=[N+](CCCCCCCC)c4ccccc43)C2=O)c2ccccc21. The van der Waals surface area contributed by atoms with Crippen molar-refractivity contribution in [2.75, 3.05) is 6.54 Å². The van der Waals surface area contributed by atoms with Gasteiger partial charge in [0.2, 0.25) is 5.69 Å². The molecule has 0 spiro atoms. The first-order chi connectivity index (χ1) is 19.7. The molecule has 3 aromatic rings. The summed E-state index contributed by atoms with van der Waals surface area (Å²) in [6.45, 7) is 6.30. The molecular weight excluding hydrogens is 492 g/mol. The van der Waals surface area contributed by atoms with Crippen LogP contribution in [0.2, 0.25) is 0 Å². The van der Waals surface area contributed by atoms with Gasteiger partial charge in [-0.25, -0.2) is 0 Å². The molecule has 0 saturated carbocycles. The minimum Gasteiger partial charge on any atom is -0.871 e. The van der Waals surface area contributed by atoms with Gasteiger partial charge in [-0.05, 0) is 25.0 Å². The molecular formula is C36H44N2O2. The zero-order valence-electron chi connectivity index (χ0n) is 24.4. The van der Waals surface area contributed by atoms with Gasteiger partial charge in [0.15, 0.2) is 12.0 Å². The molecule has 1 aromatic heterocycles. The summed E-state index contributed by atoms with van der Waals surface area (Å²) >= 11 is 0. The molecule has 0 amide bonds. The predicted octanol–water partition coefficient (Wildman–Crippen LogP) is 8.20. The van der Waals surface area contributed by atoms with Crippen LogP contribution in [0.25, 0.3) is 22.0 Å². The van der Waals surface area contributed by atoms with Gasteiger partial charge in [-0.3, -0.25) is 4.79 Å². The van der Waals surface area contributed by atoms with Crippen molar-refractivity contribution in [3.05, 3.63) is 77.2 Å². The van der Waals surface area contributed by atoms with Crippen molar-refractivity contribution in [1.29, 1.82) is 0 Å². The van der Waals surface area contributed by atoms with Crippen LogP contribution in [0.5, 0.6) is 0 Å². The van der Waals surface area contributed by atoms with Crippen LogP contribution in [0.1, 0.15) is 102 Å². The molecule has 4 nitrogen and oxygen atoms in total. The molecule has 2 aromatic carbocycles. The first-order valence-corrected chi connectivity index (χ1v) is 15.7. The Bertz CT molecular complexity index is 1450. The van der Waals surface area contributed by atoms with Crippen LogP contribution in [-0.2, 0) is 11.3 Å². The fraction of sp³-hybridized carbons (Fsp3) is 0.444. The van der Waals surface area contributed by atoms with Crippen LogP contribution in [0.15, 0.2) is 66.1 Å². The number of nitrogens with zero attached hydrogens (tertiary/aromatic N) is 2. The minimum atomic E-state index is -0.116. The van der Waals surface area contributed by atoms with Gasteiger partial charge in [0, 0.05) is 52.8 Å². The van der Waals surface area contributed by atoms with Gasteiger partial charge in [-0.1, -0.05) is 108 Å². The van der Waals surface area contributed by atoms with Gasteiger partial charge in [-0.15, -0.1) is 0 Å². The summed E-state index contributed by atoms with van der Waals surface area (Å²) in [7, 11) is 0. The van der Waals surface area contributed by atoms with Crippen molar-refractivity contribution >= 4 is 39.7 Å². The van der Waals surface area contributed by atoms with Crippen LogP contribution < -0.4 is 5.11 Å². The summed E-state index contributed by atoms with van der Waals surface area (Å²) < 4.78 is 4.48. The van der Waals surface area contributed by atoms with E-state index in [-0.39, 0.29) is 11.5 Å². The number of Topliss-reactive ketones (excluding diaryl/α,β-unsaturated/α-hetero) is 1. The Morgan fingerprint density at radius 3 is 2.12 bits per heavy atom. The van der Waals surface area contributed by atoms with E-state index in [9.17, 15) is 9.90 Å². The Labute approximate surface area is 239 Å². The van der Waals surface area contributed by atoms with Crippen LogP contribution in [0.4, 0.5) is 5.69 Å². The van der Waals surface area contributed by atoms with E-state index in [1.54, 1.807) is 0 Å². The van der Waals surface area contributed by atoms with Crippen LogP contribution >= 0.6 is 0 Å². The fourth-order valence-corrected chi connectivity index (χ4v) is 6.27. The second kappa shape index (κ2) is 13.3. The van der Waals surface area contributed by atoms with Crippen molar-refractivity contribution in [2.24, 2.45) is 0 Å². The molecule has 0 N–H and O–H groups in total. The number of hydrogen-bond acceptors (Lipinski definition) is 2. The maximum atomic E-state index is 13.7. The highest BCUT2D eigenvalue weighted by atomic mass is 16.3. The van der Waals surface area contributed by atoms with Gasteiger partial charge < -0.3 is 9.67 Å². The number of hydrogen-bond donors (Lipinski definition) is 0. The number of carbonyl (C=O) groups is 1. The number of aryl methyl sites for hydroxylation is 1. The Morgan fingerprint density at radius 2 is 1.38 bits per heavy atom. The number of benzene rings is 2. The second-order valence-corrected chi connectivity index (χ2v) is 11.5. The zero-order chi connectivity index (χ0) is 27.9. The minimum absolute atomic E-state index is 0.116. The molecule has 40 heavy (non-hydrogen) atoms. The molecule has 1 aliphatic heterocycles. The topological polar surface area (TPSA) is 48.1 Å². The van der Waals surface area contributed by atoms with E-state index in [0.29, 0.717) is 11.1 Å². The monoisotopic (exact) mass is 536 g/mol. The van der Waals surface area contributed by atoms with Crippen molar-refractivity contribution in [1.82, 2.24) is 4.57 Å². The molecule has 4 heteroatoms. The maximum Gasteiger partial charge on any atom is 0.213 e. The van der Waals surface area contributed by atoms with Crippen LogP contribution in [0.3, 0.4) is 0 Å². The average Bonchev–Trinajstić information content (AvgIpc) is 3.51. The average molecular weight is 537 g/mol. The number of unbranched alkanes of at least 4 members (excludes halogenated alkanes) is 10. The Balaban J connectivity index is 1.40. The smallest absolute Gasteiger partial charge is 0.213 e. The predicted molar refractivity (Wildman–Crippen MR) is 165 cm³/mol. The summed E-state index contributed by atoms with van der Waals surface area (Å²) in [4.78, 5) is 13.7. The van der Waals surface area contributed by atoms with Gasteiger partial charge >= 0.3 is 0 Å². The standard InChI is InChI=1S/C36H44N2O2/c1-3-5-7-9-11-17-23-37-25-29(27-19-13-15-21-31(27)37)33-35(39)34(36(33)40)30-26-38(24-18-12-10-8-6-4-2)32-22-16-14-20-28(30)32/h13-16,19-22,25-26H,3-12,17-18,23-24H2,1-2H3. The van der Waals surface area contributed by atoms with Crippen molar-refractivity contribution in [3.63, 3.8) is 0 Å². The van der Waals surface area contributed by atoms with E-state index in [1.807, 2.05) is 48.8 Å². The van der Waals surface area contributed by atoms with E-state index < -0.39 is 0 Å². The second-order valence-electron chi connectivity index (χ2n) is 11.5. The fourth-order valence-electron chi connectivity index (χ4n) is 6.27. The highest BCUT2D eigenvalue weighted by molar-refractivity contribution is 6.45. The first kappa shape index (κ1) is 28.1. The molecule has 0 unspecified atom stereocenters. The lowest BCUT2D eigenvalue weighted by molar-refractivity contribution is -0.432. The molecule has 0 radical (unpaired) electrons. The molecule has 5 rings (SSSR count). The molecule has 210 valence electrons. The van der Waals surface area contributed by atoms with Crippen molar-refractivity contribution in [2.45, 2.75) is 97.4 Å². The number of ketones is 1. The van der Waals surface area contributed by atoms with Gasteiger partial charge in [0.05, 0.1) is 11.1 Å². The molecule has 0 fully saturated rings. The Morgan fingerprint density at radius 1 is 0.725 bits per heavy atom. The number of aromatic nitrogens is 1. The van der Waals surface area contributed by atoms with Crippen molar-refractivity contribution < 1.29 is 14.5 Å². The maximum absolute atomic E-state index is 13.7. The highest BCUT2D eigenvalue weighted by Crippen LogP contribution is 2.44. The molecule has 0 atom stereocenters. The normalized spacial score (nSPS) is 16.6. The lowest BCUT2D eigenvalue weighted by Crippen LogP contribution is -2.30. The third kappa shape index (κ3) is 5.73. The Kier molecular flexibility index (Phi) is 9.36. The van der Waals surface area contributed by atoms with E-state index >= 15 is 0 Å². The molecule has 2 heterocycles. The number of carbonyl (C=O) groups excluding carboxylic acids is 1. The summed E-state index contributed by atoms with van der Waals surface area (Å²) in [5.74, 6) is -0.232. The lowest BCUT2D eigenvalue weighted by Gasteiger charge is -2.31. The van der Waals surface area contributed by atoms with E-state index in [0.717, 1.165) is 59.2 Å². The van der Waals surface area contributed by atoms with Crippen molar-refractivity contribution in [3.8, 4) is 0 Å². The third-order valence-electron chi connectivity index (χ3n) is 8.53. The van der Waals surface area contributed by atoms with E-state index in [2.05, 4.69) is 35.1 Å². The van der Waals surface area contributed by atoms with Gasteiger partial charge in [0.1, 0.15) is 6.54 Å². The lowest BCUT2D eigenvalue weighted by atomic mass is 9.80. The molecule has 0 saturated heterocycles. The van der Waals surface area contributed by atoms with Gasteiger partial charge in [-0.2, -0.15) is 4.58 Å². The number of fused-ring (bicyclic) bond motifs is 2. The van der Waals surface area contributed by atoms with Crippen LogP contribution in [0, 0.1) is 0 Å². The molecule has 2 aliphatic rings. The van der Waals surface area contributed by atoms with E-state index in [1.165, 1.54) is 64.2 Å². The quantitative estimate of drug-likeness (QED) is 0.112. The number of allylic oxidation sites excluding steroid dienone is 3. The van der Waals surface area contributed by atoms with Gasteiger partial charge in [0.25, 0.3) is 0 Å². The summed E-state index contributed by atoms with van der Waals surface area (Å²) in [5, 5.41) is 14.7. The highest BCUT2D eigenvalue weighted by Gasteiger charge is 2.37. The number of para-hydroxylation sites is 2. The third-order valence-corrected chi connectivity index (χ3v) is 8.53. The zero-order valence-corrected chi connectivity index (χ0v) is 24.4. The summed E-state index contributed by atoms with van der Waals surface area (Å²) in [5.41, 5.74) is 5.47. The first-order valence-electron chi connectivity index (χ1n) is 15.7. The largest absolute Gasteiger partial charge is 0.871 e. The number of rotatable bonds is 15. The summed E-state index contributed by atoms with van der Waals surface area (Å²) in [6, 6.07) is 16.4. The molecule has 0 bridgehead atoms. The molecule has 1 aliphatic carbocycles. The van der Waals surface area contributed by atoms with E-state index in [4.69, 9.17) is 0 Å². The van der Waals surface area contributed by atoms with Crippen LogP contribution in [-0.4, -0.2) is 27.7 Å². The Hall–Kier alpha value is -3.40. The summed E-state index contributed by atoms with van der Waals surface area (Å²) in [6.07, 6.45) is 18.9.